The molecule has 5 rings (SSSR count). The SMILES string of the molecule is COc1ccc(NS(C)(=O)=O)cc1-n1nc(NCCN(C)C)c2cnc(-c3cnn4cccnc34)cc21. The van der Waals surface area contributed by atoms with Crippen molar-refractivity contribution in [3.8, 4) is 22.7 Å². The van der Waals surface area contributed by atoms with E-state index in [1.165, 1.54) is 0 Å². The molecule has 0 spiro atoms. The van der Waals surface area contributed by atoms with Gasteiger partial charge in [-0.2, -0.15) is 5.10 Å². The predicted octanol–water partition coefficient (Wildman–Crippen LogP) is 2.48. The fourth-order valence-electron chi connectivity index (χ4n) is 4.01. The van der Waals surface area contributed by atoms with Gasteiger partial charge in [-0.05, 0) is 44.4 Å². The highest BCUT2D eigenvalue weighted by Gasteiger charge is 2.19. The number of pyridine rings is 1. The summed E-state index contributed by atoms with van der Waals surface area (Å²) in [6.07, 6.45) is 8.14. The van der Waals surface area contributed by atoms with Crippen LogP contribution in [-0.4, -0.2) is 83.2 Å². The number of ether oxygens (including phenoxy) is 1. The fraction of sp³-hybridized carbons (Fsp3) is 0.250. The summed E-state index contributed by atoms with van der Waals surface area (Å²) in [4.78, 5) is 11.2. The number of nitrogens with zero attached hydrogens (tertiary/aromatic N) is 7. The van der Waals surface area contributed by atoms with Crippen LogP contribution in [0.5, 0.6) is 5.75 Å². The summed E-state index contributed by atoms with van der Waals surface area (Å²) >= 11 is 0. The van der Waals surface area contributed by atoms with Crippen LogP contribution >= 0.6 is 0 Å². The highest BCUT2D eigenvalue weighted by Crippen LogP contribution is 2.34. The average molecular weight is 522 g/mol. The van der Waals surface area contributed by atoms with Crippen molar-refractivity contribution in [2.24, 2.45) is 0 Å². The first kappa shape index (κ1) is 24.5. The molecule has 0 saturated heterocycles. The Bertz CT molecular complexity index is 1690. The number of aromatic nitrogens is 6. The van der Waals surface area contributed by atoms with E-state index in [1.807, 2.05) is 32.4 Å². The molecule has 4 aromatic heterocycles. The molecule has 13 heteroatoms. The highest BCUT2D eigenvalue weighted by atomic mass is 32.2. The number of hydrogen-bond donors (Lipinski definition) is 2. The molecule has 0 radical (unpaired) electrons. The molecular formula is C24H27N9O3S. The van der Waals surface area contributed by atoms with Crippen molar-refractivity contribution < 1.29 is 13.2 Å². The van der Waals surface area contributed by atoms with Gasteiger partial charge >= 0.3 is 0 Å². The van der Waals surface area contributed by atoms with Gasteiger partial charge in [0.2, 0.25) is 10.0 Å². The van der Waals surface area contributed by atoms with Gasteiger partial charge in [0.15, 0.2) is 11.5 Å². The first-order valence-electron chi connectivity index (χ1n) is 11.5. The van der Waals surface area contributed by atoms with E-state index in [1.54, 1.807) is 53.1 Å². The standard InChI is InChI=1S/C24H27N9O3S/c1-31(2)11-9-25-23-18-14-27-19(17-15-28-32-10-5-8-26-24(17)32)13-20(18)33(29-23)21-12-16(30-37(4,34)35)6-7-22(21)36-3/h5-8,10,12-15,30H,9,11H2,1-4H3,(H,25,29). The molecule has 5 aromatic rings. The lowest BCUT2D eigenvalue weighted by Crippen LogP contribution is -2.21. The molecule has 192 valence electrons. The highest BCUT2D eigenvalue weighted by molar-refractivity contribution is 7.92. The fourth-order valence-corrected chi connectivity index (χ4v) is 4.57. The van der Waals surface area contributed by atoms with Crippen LogP contribution in [0.4, 0.5) is 11.5 Å². The molecule has 1 aromatic carbocycles. The molecule has 0 amide bonds. The van der Waals surface area contributed by atoms with E-state index >= 15 is 0 Å². The summed E-state index contributed by atoms with van der Waals surface area (Å²) in [6, 6.07) is 8.76. The number of anilines is 2. The minimum atomic E-state index is -3.47. The van der Waals surface area contributed by atoms with E-state index in [9.17, 15) is 8.42 Å². The first-order chi connectivity index (χ1) is 17.7. The van der Waals surface area contributed by atoms with Crippen molar-refractivity contribution in [1.82, 2.24) is 34.3 Å². The topological polar surface area (TPSA) is 132 Å². The lowest BCUT2D eigenvalue weighted by Gasteiger charge is -2.13. The maximum atomic E-state index is 11.9. The second-order valence-electron chi connectivity index (χ2n) is 8.78. The Balaban J connectivity index is 1.69. The molecule has 0 aliphatic heterocycles. The number of methoxy groups -OCH3 is 1. The second kappa shape index (κ2) is 9.67. The van der Waals surface area contributed by atoms with Crippen LogP contribution in [0, 0.1) is 0 Å². The van der Waals surface area contributed by atoms with E-state index in [4.69, 9.17) is 14.8 Å². The third-order valence-corrected chi connectivity index (χ3v) is 6.29. The van der Waals surface area contributed by atoms with Gasteiger partial charge in [-0.1, -0.05) is 0 Å². The number of fused-ring (bicyclic) bond motifs is 2. The van der Waals surface area contributed by atoms with Crippen molar-refractivity contribution in [3.05, 3.63) is 55.1 Å². The predicted molar refractivity (Wildman–Crippen MR) is 143 cm³/mol. The molecule has 0 atom stereocenters. The number of sulfonamides is 1. The number of nitrogens with one attached hydrogen (secondary N) is 2. The van der Waals surface area contributed by atoms with Crippen LogP contribution in [0.2, 0.25) is 0 Å². The van der Waals surface area contributed by atoms with Crippen molar-refractivity contribution >= 4 is 38.1 Å². The summed E-state index contributed by atoms with van der Waals surface area (Å²) < 4.78 is 35.3. The molecular weight excluding hydrogens is 494 g/mol. The van der Waals surface area contributed by atoms with Crippen LogP contribution in [-0.2, 0) is 10.0 Å². The first-order valence-corrected chi connectivity index (χ1v) is 13.3. The van der Waals surface area contributed by atoms with Crippen LogP contribution in [0.25, 0.3) is 33.5 Å². The Morgan fingerprint density at radius 2 is 1.97 bits per heavy atom. The Labute approximate surface area is 214 Å². The average Bonchev–Trinajstić information content (AvgIpc) is 3.44. The summed E-state index contributed by atoms with van der Waals surface area (Å²) in [7, 11) is 2.09. The molecule has 4 heterocycles. The minimum absolute atomic E-state index is 0.394. The lowest BCUT2D eigenvalue weighted by molar-refractivity contribution is 0.412. The Morgan fingerprint density at radius 3 is 2.73 bits per heavy atom. The third kappa shape index (κ3) is 5.04. The van der Waals surface area contributed by atoms with E-state index in [0.717, 1.165) is 29.3 Å². The maximum absolute atomic E-state index is 11.9. The monoisotopic (exact) mass is 521 g/mol. The van der Waals surface area contributed by atoms with Crippen LogP contribution < -0.4 is 14.8 Å². The number of hydrogen-bond acceptors (Lipinski definition) is 9. The van der Waals surface area contributed by atoms with Crippen molar-refractivity contribution in [2.45, 2.75) is 0 Å². The van der Waals surface area contributed by atoms with Gasteiger partial charge in [0.05, 0.1) is 47.4 Å². The minimum Gasteiger partial charge on any atom is -0.494 e. The Hall–Kier alpha value is -4.23. The quantitative estimate of drug-likeness (QED) is 0.300. The van der Waals surface area contributed by atoms with Crippen molar-refractivity contribution in [3.63, 3.8) is 0 Å². The van der Waals surface area contributed by atoms with Gasteiger partial charge in [0.1, 0.15) is 11.4 Å². The van der Waals surface area contributed by atoms with Crippen LogP contribution in [0.3, 0.4) is 0 Å². The lowest BCUT2D eigenvalue weighted by atomic mass is 10.2. The molecule has 0 unspecified atom stereocenters. The molecule has 0 fully saturated rings. The van der Waals surface area contributed by atoms with Gasteiger partial charge in [-0.15, -0.1) is 5.10 Å². The molecule has 0 bridgehead atoms. The van der Waals surface area contributed by atoms with Crippen LogP contribution in [0.1, 0.15) is 0 Å². The van der Waals surface area contributed by atoms with Gasteiger partial charge < -0.3 is 15.0 Å². The Morgan fingerprint density at radius 1 is 1.14 bits per heavy atom. The summed E-state index contributed by atoms with van der Waals surface area (Å²) in [5.41, 5.74) is 3.84. The van der Waals surface area contributed by atoms with Crippen molar-refractivity contribution in [2.75, 3.05) is 50.6 Å². The summed E-state index contributed by atoms with van der Waals surface area (Å²) in [5, 5.41) is 13.4. The molecule has 0 aliphatic rings. The van der Waals surface area contributed by atoms with Gasteiger partial charge in [-0.25, -0.2) is 22.6 Å². The van der Waals surface area contributed by atoms with Gasteiger partial charge in [0.25, 0.3) is 0 Å². The molecule has 12 nitrogen and oxygen atoms in total. The van der Waals surface area contributed by atoms with E-state index < -0.39 is 10.0 Å². The third-order valence-electron chi connectivity index (χ3n) is 5.68. The van der Waals surface area contributed by atoms with Crippen molar-refractivity contribution in [1.29, 1.82) is 0 Å². The molecule has 2 N–H and O–H groups in total. The number of likely N-dealkylation sites (N-methyl/N-ethyl adjacent to an activating group) is 1. The van der Waals surface area contributed by atoms with Crippen LogP contribution in [0.15, 0.2) is 55.1 Å². The smallest absolute Gasteiger partial charge is 0.229 e. The zero-order chi connectivity index (χ0) is 26.2. The summed E-state index contributed by atoms with van der Waals surface area (Å²) in [6.45, 7) is 1.48. The largest absolute Gasteiger partial charge is 0.494 e. The molecule has 0 saturated carbocycles. The zero-order valence-electron chi connectivity index (χ0n) is 20.9. The van der Waals surface area contributed by atoms with Gasteiger partial charge in [0, 0.05) is 31.7 Å². The zero-order valence-corrected chi connectivity index (χ0v) is 21.7. The second-order valence-corrected chi connectivity index (χ2v) is 10.5. The number of benzene rings is 1. The van der Waals surface area contributed by atoms with E-state index in [-0.39, 0.29) is 0 Å². The van der Waals surface area contributed by atoms with E-state index in [2.05, 4.69) is 25.0 Å². The molecule has 37 heavy (non-hydrogen) atoms. The number of rotatable bonds is 9. The maximum Gasteiger partial charge on any atom is 0.229 e. The normalized spacial score (nSPS) is 11.9. The summed E-state index contributed by atoms with van der Waals surface area (Å²) in [5.74, 6) is 1.18. The van der Waals surface area contributed by atoms with E-state index in [0.29, 0.717) is 40.8 Å². The molecule has 0 aliphatic carbocycles. The Kier molecular flexibility index (Phi) is 6.39. The van der Waals surface area contributed by atoms with Gasteiger partial charge in [-0.3, -0.25) is 9.71 Å².